The van der Waals surface area contributed by atoms with Crippen molar-refractivity contribution in [2.75, 3.05) is 31.3 Å². The van der Waals surface area contributed by atoms with Crippen molar-refractivity contribution in [1.82, 2.24) is 4.90 Å². The lowest BCUT2D eigenvalue weighted by molar-refractivity contribution is 0.0804. The number of halogens is 1. The predicted octanol–water partition coefficient (Wildman–Crippen LogP) is 2.36. The number of hydrogen-bond acceptors (Lipinski definition) is 3. The highest BCUT2D eigenvalue weighted by Gasteiger charge is 2.14. The first-order valence-corrected chi connectivity index (χ1v) is 6.63. The van der Waals surface area contributed by atoms with Crippen LogP contribution in [0.5, 0.6) is 0 Å². The summed E-state index contributed by atoms with van der Waals surface area (Å²) in [6, 6.07) is 4.94. The van der Waals surface area contributed by atoms with Gasteiger partial charge in [-0.05, 0) is 24.5 Å². The van der Waals surface area contributed by atoms with E-state index in [1.54, 1.807) is 41.9 Å². The van der Waals surface area contributed by atoms with Crippen LogP contribution in [0, 0.1) is 0 Å². The van der Waals surface area contributed by atoms with Crippen LogP contribution < -0.4 is 5.73 Å². The molecule has 5 heteroatoms. The minimum Gasteiger partial charge on any atom is -0.399 e. The number of thioether (sulfide) groups is 1. The molecule has 0 spiro atoms. The first kappa shape index (κ1) is 13.2. The molecule has 1 amide bonds. The lowest BCUT2D eigenvalue weighted by Crippen LogP contribution is -2.29. The quantitative estimate of drug-likeness (QED) is 0.844. The van der Waals surface area contributed by atoms with Gasteiger partial charge in [-0.1, -0.05) is 11.6 Å². The normalized spacial score (nSPS) is 10.2. The van der Waals surface area contributed by atoms with E-state index in [0.717, 1.165) is 5.75 Å². The second-order valence-electron chi connectivity index (χ2n) is 3.46. The smallest absolute Gasteiger partial charge is 0.255 e. The second kappa shape index (κ2) is 6.01. The zero-order valence-electron chi connectivity index (χ0n) is 9.37. The third-order valence-corrected chi connectivity index (χ3v) is 3.10. The molecule has 88 valence electrons. The van der Waals surface area contributed by atoms with Crippen molar-refractivity contribution in [3.8, 4) is 0 Å². The Balaban J connectivity index is 2.79. The molecule has 0 unspecified atom stereocenters. The van der Waals surface area contributed by atoms with Gasteiger partial charge in [0.15, 0.2) is 0 Å². The summed E-state index contributed by atoms with van der Waals surface area (Å²) >= 11 is 7.67. The largest absolute Gasteiger partial charge is 0.399 e. The van der Waals surface area contributed by atoms with Gasteiger partial charge in [-0.3, -0.25) is 4.79 Å². The van der Waals surface area contributed by atoms with Gasteiger partial charge in [0, 0.05) is 25.0 Å². The monoisotopic (exact) mass is 258 g/mol. The van der Waals surface area contributed by atoms with Crippen molar-refractivity contribution >= 4 is 35.0 Å². The van der Waals surface area contributed by atoms with Crippen LogP contribution in [0.1, 0.15) is 10.4 Å². The van der Waals surface area contributed by atoms with Crippen LogP contribution in [-0.2, 0) is 0 Å². The molecule has 0 aromatic heterocycles. The lowest BCUT2D eigenvalue weighted by atomic mass is 10.2. The fourth-order valence-corrected chi connectivity index (χ4v) is 1.97. The summed E-state index contributed by atoms with van der Waals surface area (Å²) in [7, 11) is 1.77. The summed E-state index contributed by atoms with van der Waals surface area (Å²) in [5.41, 5.74) is 6.63. The third-order valence-electron chi connectivity index (χ3n) is 2.20. The number of amides is 1. The van der Waals surface area contributed by atoms with Crippen molar-refractivity contribution in [2.45, 2.75) is 0 Å². The summed E-state index contributed by atoms with van der Waals surface area (Å²) in [6.45, 7) is 0.709. The maximum Gasteiger partial charge on any atom is 0.255 e. The molecule has 0 aliphatic carbocycles. The van der Waals surface area contributed by atoms with Gasteiger partial charge in [-0.25, -0.2) is 0 Å². The topological polar surface area (TPSA) is 46.3 Å². The Morgan fingerprint density at radius 2 is 2.25 bits per heavy atom. The van der Waals surface area contributed by atoms with Crippen LogP contribution >= 0.6 is 23.4 Å². The number of anilines is 1. The van der Waals surface area contributed by atoms with Gasteiger partial charge >= 0.3 is 0 Å². The van der Waals surface area contributed by atoms with E-state index in [1.807, 2.05) is 6.26 Å². The number of nitrogens with zero attached hydrogens (tertiary/aromatic N) is 1. The Kier molecular flexibility index (Phi) is 4.96. The zero-order chi connectivity index (χ0) is 12.1. The summed E-state index contributed by atoms with van der Waals surface area (Å²) in [4.78, 5) is 13.6. The molecule has 1 aromatic rings. The van der Waals surface area contributed by atoms with E-state index in [4.69, 9.17) is 17.3 Å². The number of carbonyl (C=O) groups is 1. The van der Waals surface area contributed by atoms with Crippen LogP contribution in [0.2, 0.25) is 5.02 Å². The van der Waals surface area contributed by atoms with Crippen molar-refractivity contribution < 1.29 is 4.79 Å². The van der Waals surface area contributed by atoms with E-state index >= 15 is 0 Å². The molecule has 0 aliphatic heterocycles. The van der Waals surface area contributed by atoms with Crippen molar-refractivity contribution in [3.63, 3.8) is 0 Å². The van der Waals surface area contributed by atoms with E-state index in [0.29, 0.717) is 22.8 Å². The average molecular weight is 259 g/mol. The van der Waals surface area contributed by atoms with Gasteiger partial charge in [0.2, 0.25) is 0 Å². The molecule has 0 heterocycles. The predicted molar refractivity (Wildman–Crippen MR) is 71.2 cm³/mol. The summed E-state index contributed by atoms with van der Waals surface area (Å²) < 4.78 is 0. The maximum atomic E-state index is 12.0. The second-order valence-corrected chi connectivity index (χ2v) is 4.85. The summed E-state index contributed by atoms with van der Waals surface area (Å²) in [5, 5.41) is 0.404. The van der Waals surface area contributed by atoms with Gasteiger partial charge in [0.1, 0.15) is 0 Å². The van der Waals surface area contributed by atoms with Gasteiger partial charge in [-0.15, -0.1) is 0 Å². The molecule has 3 nitrogen and oxygen atoms in total. The number of nitrogens with two attached hydrogens (primary N) is 1. The molecule has 0 saturated carbocycles. The number of rotatable bonds is 4. The van der Waals surface area contributed by atoms with Gasteiger partial charge in [0.05, 0.1) is 10.6 Å². The Bertz CT molecular complexity index is 384. The maximum absolute atomic E-state index is 12.0. The molecular weight excluding hydrogens is 244 g/mol. The third kappa shape index (κ3) is 3.32. The van der Waals surface area contributed by atoms with Gasteiger partial charge < -0.3 is 10.6 Å². The molecule has 1 aromatic carbocycles. The number of benzene rings is 1. The Morgan fingerprint density at radius 3 is 2.81 bits per heavy atom. The molecule has 0 saturated heterocycles. The van der Waals surface area contributed by atoms with E-state index < -0.39 is 0 Å². The van der Waals surface area contributed by atoms with Crippen LogP contribution in [0.4, 0.5) is 5.69 Å². The summed E-state index contributed by atoms with van der Waals surface area (Å²) in [6.07, 6.45) is 2.01. The highest BCUT2D eigenvalue weighted by atomic mass is 35.5. The molecule has 2 N–H and O–H groups in total. The minimum atomic E-state index is -0.0703. The number of hydrogen-bond donors (Lipinski definition) is 1. The molecule has 0 atom stereocenters. The first-order valence-electron chi connectivity index (χ1n) is 4.85. The minimum absolute atomic E-state index is 0.0703. The van der Waals surface area contributed by atoms with E-state index in [2.05, 4.69) is 0 Å². The Morgan fingerprint density at radius 1 is 1.56 bits per heavy atom. The molecule has 0 fully saturated rings. The zero-order valence-corrected chi connectivity index (χ0v) is 10.9. The fraction of sp³-hybridized carbons (Fsp3) is 0.364. The first-order chi connectivity index (χ1) is 7.56. The van der Waals surface area contributed by atoms with Gasteiger partial charge in [0.25, 0.3) is 5.91 Å². The Hall–Kier alpha value is -0.870. The highest BCUT2D eigenvalue weighted by Crippen LogP contribution is 2.20. The molecule has 0 aliphatic rings. The van der Waals surface area contributed by atoms with Crippen molar-refractivity contribution in [3.05, 3.63) is 28.8 Å². The SMILES string of the molecule is CSCCN(C)C(=O)c1ccc(N)cc1Cl. The lowest BCUT2D eigenvalue weighted by Gasteiger charge is -2.17. The molecular formula is C11H15ClN2OS. The summed E-state index contributed by atoms with van der Waals surface area (Å²) in [5.74, 6) is 0.841. The van der Waals surface area contributed by atoms with Crippen LogP contribution in [0.3, 0.4) is 0 Å². The van der Waals surface area contributed by atoms with E-state index in [9.17, 15) is 4.79 Å². The molecule has 0 radical (unpaired) electrons. The Labute approximate surface area is 105 Å². The van der Waals surface area contributed by atoms with Crippen molar-refractivity contribution in [2.24, 2.45) is 0 Å². The standard InChI is InChI=1S/C11H15ClN2OS/c1-14(5-6-16-2)11(15)9-4-3-8(13)7-10(9)12/h3-4,7H,5-6,13H2,1-2H3. The number of carbonyl (C=O) groups excluding carboxylic acids is 1. The van der Waals surface area contributed by atoms with E-state index in [1.165, 1.54) is 0 Å². The average Bonchev–Trinajstić information content (AvgIpc) is 2.25. The molecule has 0 bridgehead atoms. The van der Waals surface area contributed by atoms with Crippen LogP contribution in [0.25, 0.3) is 0 Å². The fourth-order valence-electron chi connectivity index (χ4n) is 1.24. The van der Waals surface area contributed by atoms with Crippen molar-refractivity contribution in [1.29, 1.82) is 0 Å². The number of nitrogen functional groups attached to an aromatic ring is 1. The van der Waals surface area contributed by atoms with Crippen LogP contribution in [0.15, 0.2) is 18.2 Å². The van der Waals surface area contributed by atoms with Crippen LogP contribution in [-0.4, -0.2) is 36.4 Å². The molecule has 16 heavy (non-hydrogen) atoms. The highest BCUT2D eigenvalue weighted by molar-refractivity contribution is 7.98. The molecule has 1 rings (SSSR count). The van der Waals surface area contributed by atoms with E-state index in [-0.39, 0.29) is 5.91 Å². The van der Waals surface area contributed by atoms with Gasteiger partial charge in [-0.2, -0.15) is 11.8 Å².